The summed E-state index contributed by atoms with van der Waals surface area (Å²) in [5.41, 5.74) is 1.21. The second-order valence-corrected chi connectivity index (χ2v) is 6.08. The quantitative estimate of drug-likeness (QED) is 0.644. The number of ether oxygens (including phenoxy) is 2. The van der Waals surface area contributed by atoms with Gasteiger partial charge in [-0.25, -0.2) is 0 Å². The summed E-state index contributed by atoms with van der Waals surface area (Å²) < 4.78 is 10.5. The molecular formula is C18H28O3. The van der Waals surface area contributed by atoms with Crippen LogP contribution in [0.25, 0.3) is 0 Å². The first-order valence-corrected chi connectivity index (χ1v) is 7.71. The number of hydrogen-bond donors (Lipinski definition) is 0. The van der Waals surface area contributed by atoms with E-state index >= 15 is 0 Å². The third-order valence-electron chi connectivity index (χ3n) is 3.98. The molecule has 0 amide bonds. The molecular weight excluding hydrogens is 264 g/mol. The monoisotopic (exact) mass is 292 g/mol. The predicted octanol–water partition coefficient (Wildman–Crippen LogP) is 4.06. The Kier molecular flexibility index (Phi) is 8.06. The Morgan fingerprint density at radius 1 is 1.10 bits per heavy atom. The van der Waals surface area contributed by atoms with E-state index in [4.69, 9.17) is 9.47 Å². The zero-order valence-corrected chi connectivity index (χ0v) is 13.7. The second kappa shape index (κ2) is 9.56. The average Bonchev–Trinajstić information content (AvgIpc) is 2.48. The van der Waals surface area contributed by atoms with Gasteiger partial charge >= 0.3 is 5.97 Å². The fraction of sp³-hybridized carbons (Fsp3) is 0.611. The first-order chi connectivity index (χ1) is 10.0. The topological polar surface area (TPSA) is 35.5 Å². The van der Waals surface area contributed by atoms with Gasteiger partial charge in [0.05, 0.1) is 13.7 Å². The molecule has 3 heteroatoms. The SMILES string of the molecule is COC(=O)C[C@@H](C)[C@@H](C)C[C@H](C)COCc1ccccc1. The van der Waals surface area contributed by atoms with E-state index in [9.17, 15) is 4.79 Å². The lowest BCUT2D eigenvalue weighted by molar-refractivity contribution is -0.142. The van der Waals surface area contributed by atoms with Gasteiger partial charge in [0.2, 0.25) is 0 Å². The minimum Gasteiger partial charge on any atom is -0.469 e. The van der Waals surface area contributed by atoms with E-state index in [-0.39, 0.29) is 5.97 Å². The lowest BCUT2D eigenvalue weighted by Gasteiger charge is -2.22. The number of rotatable bonds is 9. The fourth-order valence-corrected chi connectivity index (χ4v) is 2.43. The first-order valence-electron chi connectivity index (χ1n) is 7.71. The summed E-state index contributed by atoms with van der Waals surface area (Å²) in [4.78, 5) is 11.3. The van der Waals surface area contributed by atoms with Crippen molar-refractivity contribution in [3.05, 3.63) is 35.9 Å². The van der Waals surface area contributed by atoms with Gasteiger partial charge in [-0.15, -0.1) is 0 Å². The minimum absolute atomic E-state index is 0.123. The van der Waals surface area contributed by atoms with Crippen LogP contribution in [0.15, 0.2) is 30.3 Å². The number of hydrogen-bond acceptors (Lipinski definition) is 3. The Bertz CT molecular complexity index is 402. The molecule has 0 bridgehead atoms. The van der Waals surface area contributed by atoms with Crippen molar-refractivity contribution in [2.24, 2.45) is 17.8 Å². The van der Waals surface area contributed by atoms with Gasteiger partial charge in [-0.1, -0.05) is 51.1 Å². The van der Waals surface area contributed by atoms with Gasteiger partial charge in [-0.3, -0.25) is 4.79 Å². The fourth-order valence-electron chi connectivity index (χ4n) is 2.43. The molecule has 0 heterocycles. The molecule has 3 nitrogen and oxygen atoms in total. The normalized spacial score (nSPS) is 15.2. The van der Waals surface area contributed by atoms with E-state index in [1.807, 2.05) is 18.2 Å². The van der Waals surface area contributed by atoms with Crippen LogP contribution in [0.2, 0.25) is 0 Å². The van der Waals surface area contributed by atoms with Crippen molar-refractivity contribution >= 4 is 5.97 Å². The van der Waals surface area contributed by atoms with Crippen LogP contribution in [-0.2, 0) is 20.9 Å². The predicted molar refractivity (Wildman–Crippen MR) is 84.8 cm³/mol. The summed E-state index contributed by atoms with van der Waals surface area (Å²) in [5, 5.41) is 0. The van der Waals surface area contributed by atoms with Crippen molar-refractivity contribution in [3.8, 4) is 0 Å². The third kappa shape index (κ3) is 7.28. The Morgan fingerprint density at radius 2 is 1.76 bits per heavy atom. The van der Waals surface area contributed by atoms with Crippen LogP contribution in [0.5, 0.6) is 0 Å². The largest absolute Gasteiger partial charge is 0.469 e. The van der Waals surface area contributed by atoms with Crippen LogP contribution in [0.1, 0.15) is 39.2 Å². The standard InChI is InChI=1S/C18H28O3/c1-14(10-15(2)16(3)11-18(19)20-4)12-21-13-17-8-6-5-7-9-17/h5-9,14-16H,10-13H2,1-4H3/t14-,15-,16+/m0/s1. The number of esters is 1. The maximum Gasteiger partial charge on any atom is 0.305 e. The number of carbonyl (C=O) groups is 1. The van der Waals surface area contributed by atoms with Gasteiger partial charge in [0.25, 0.3) is 0 Å². The van der Waals surface area contributed by atoms with E-state index in [0.717, 1.165) is 13.0 Å². The van der Waals surface area contributed by atoms with E-state index in [2.05, 4.69) is 32.9 Å². The van der Waals surface area contributed by atoms with E-state index in [1.165, 1.54) is 12.7 Å². The van der Waals surface area contributed by atoms with Crippen LogP contribution in [0.3, 0.4) is 0 Å². The zero-order valence-electron chi connectivity index (χ0n) is 13.7. The maximum atomic E-state index is 11.3. The highest BCUT2D eigenvalue weighted by molar-refractivity contribution is 5.69. The summed E-state index contributed by atoms with van der Waals surface area (Å²) in [6.07, 6.45) is 1.56. The lowest BCUT2D eigenvalue weighted by Crippen LogP contribution is -2.18. The molecule has 0 aliphatic rings. The molecule has 0 fully saturated rings. The number of benzene rings is 1. The van der Waals surface area contributed by atoms with Gasteiger partial charge in [0, 0.05) is 13.0 Å². The number of carbonyl (C=O) groups excluding carboxylic acids is 1. The Hall–Kier alpha value is -1.35. The van der Waals surface area contributed by atoms with Crippen molar-refractivity contribution in [2.75, 3.05) is 13.7 Å². The van der Waals surface area contributed by atoms with Crippen molar-refractivity contribution in [1.29, 1.82) is 0 Å². The molecule has 0 aliphatic heterocycles. The molecule has 1 aromatic rings. The third-order valence-corrected chi connectivity index (χ3v) is 3.98. The zero-order chi connectivity index (χ0) is 15.7. The smallest absolute Gasteiger partial charge is 0.305 e. The van der Waals surface area contributed by atoms with Crippen LogP contribution in [0, 0.1) is 17.8 Å². The molecule has 118 valence electrons. The Labute approximate surface area is 128 Å². The Morgan fingerprint density at radius 3 is 2.38 bits per heavy atom. The van der Waals surface area contributed by atoms with Crippen molar-refractivity contribution in [1.82, 2.24) is 0 Å². The van der Waals surface area contributed by atoms with Gasteiger partial charge < -0.3 is 9.47 Å². The maximum absolute atomic E-state index is 11.3. The van der Waals surface area contributed by atoms with Gasteiger partial charge in [0.1, 0.15) is 0 Å². The summed E-state index contributed by atoms with van der Waals surface area (Å²) in [5.74, 6) is 1.19. The molecule has 1 aromatic carbocycles. The molecule has 0 spiro atoms. The molecule has 3 atom stereocenters. The molecule has 0 saturated carbocycles. The van der Waals surface area contributed by atoms with Crippen LogP contribution in [-0.4, -0.2) is 19.7 Å². The van der Waals surface area contributed by atoms with Crippen LogP contribution < -0.4 is 0 Å². The second-order valence-electron chi connectivity index (χ2n) is 6.08. The lowest BCUT2D eigenvalue weighted by atomic mass is 9.86. The van der Waals surface area contributed by atoms with Gasteiger partial charge in [-0.2, -0.15) is 0 Å². The van der Waals surface area contributed by atoms with E-state index in [1.54, 1.807) is 0 Å². The summed E-state index contributed by atoms with van der Waals surface area (Å²) in [6.45, 7) is 7.92. The van der Waals surface area contributed by atoms with E-state index < -0.39 is 0 Å². The highest BCUT2D eigenvalue weighted by Crippen LogP contribution is 2.23. The summed E-state index contributed by atoms with van der Waals surface area (Å²) in [7, 11) is 1.44. The minimum atomic E-state index is -0.123. The van der Waals surface area contributed by atoms with Crippen LogP contribution >= 0.6 is 0 Å². The molecule has 0 unspecified atom stereocenters. The molecule has 0 aromatic heterocycles. The van der Waals surface area contributed by atoms with Gasteiger partial charge in [0.15, 0.2) is 0 Å². The Balaban J connectivity index is 2.23. The molecule has 21 heavy (non-hydrogen) atoms. The molecule has 0 saturated heterocycles. The summed E-state index contributed by atoms with van der Waals surface area (Å²) >= 11 is 0. The average molecular weight is 292 g/mol. The van der Waals surface area contributed by atoms with Gasteiger partial charge in [-0.05, 0) is 29.7 Å². The van der Waals surface area contributed by atoms with Crippen molar-refractivity contribution in [2.45, 2.75) is 40.2 Å². The number of methoxy groups -OCH3 is 1. The molecule has 0 N–H and O–H groups in total. The highest BCUT2D eigenvalue weighted by Gasteiger charge is 2.18. The first kappa shape index (κ1) is 17.7. The molecule has 0 aliphatic carbocycles. The van der Waals surface area contributed by atoms with E-state index in [0.29, 0.717) is 30.8 Å². The summed E-state index contributed by atoms with van der Waals surface area (Å²) in [6, 6.07) is 10.2. The molecule has 1 rings (SSSR count). The van der Waals surface area contributed by atoms with Crippen LogP contribution in [0.4, 0.5) is 0 Å². The highest BCUT2D eigenvalue weighted by atomic mass is 16.5. The molecule has 0 radical (unpaired) electrons. The van der Waals surface area contributed by atoms with Crippen molar-refractivity contribution in [3.63, 3.8) is 0 Å². The van der Waals surface area contributed by atoms with Crippen molar-refractivity contribution < 1.29 is 14.3 Å².